The number of nitrogens with one attached hydrogen (secondary N) is 3. The zero-order valence-electron chi connectivity index (χ0n) is 21.2. The molecule has 14 heteroatoms. The van der Waals surface area contributed by atoms with Crippen molar-refractivity contribution in [3.05, 3.63) is 29.8 Å². The van der Waals surface area contributed by atoms with Crippen molar-refractivity contribution in [1.29, 1.82) is 0 Å². The van der Waals surface area contributed by atoms with E-state index in [1.807, 2.05) is 0 Å². The highest BCUT2D eigenvalue weighted by Crippen LogP contribution is 2.13. The van der Waals surface area contributed by atoms with Gasteiger partial charge in [-0.1, -0.05) is 26.0 Å². The molecular weight excluding hydrogens is 502 g/mol. The number of primary amides is 1. The molecule has 0 aliphatic heterocycles. The SMILES string of the molecule is CC(C)C(NC(=O)C(Cc1ccc(O)cc1)NC(=O)C(N)CCC(N)=O)C(=O)NC(CCC(=O)O)C(=O)O. The smallest absolute Gasteiger partial charge is 0.326 e. The van der Waals surface area contributed by atoms with Gasteiger partial charge in [0.1, 0.15) is 23.9 Å². The summed E-state index contributed by atoms with van der Waals surface area (Å²) in [6, 6.07) is 0.735. The molecule has 4 atom stereocenters. The first-order valence-corrected chi connectivity index (χ1v) is 11.9. The second kappa shape index (κ2) is 15.1. The third-order valence-electron chi connectivity index (χ3n) is 5.56. The van der Waals surface area contributed by atoms with E-state index in [-0.39, 0.29) is 31.4 Å². The number of nitrogens with two attached hydrogens (primary N) is 2. The molecule has 0 saturated heterocycles. The molecule has 0 aromatic heterocycles. The van der Waals surface area contributed by atoms with Crippen molar-refractivity contribution in [2.45, 2.75) is 70.1 Å². The van der Waals surface area contributed by atoms with Gasteiger partial charge in [-0.05, 0) is 36.5 Å². The van der Waals surface area contributed by atoms with Crippen molar-refractivity contribution in [2.24, 2.45) is 17.4 Å². The van der Waals surface area contributed by atoms with Crippen LogP contribution in [0.2, 0.25) is 0 Å². The summed E-state index contributed by atoms with van der Waals surface area (Å²) < 4.78 is 0. The van der Waals surface area contributed by atoms with Crippen LogP contribution in [0, 0.1) is 5.92 Å². The third-order valence-corrected chi connectivity index (χ3v) is 5.56. The first-order valence-electron chi connectivity index (χ1n) is 11.9. The Morgan fingerprint density at radius 2 is 1.39 bits per heavy atom. The van der Waals surface area contributed by atoms with Crippen molar-refractivity contribution in [1.82, 2.24) is 16.0 Å². The van der Waals surface area contributed by atoms with E-state index >= 15 is 0 Å². The molecule has 0 heterocycles. The Morgan fingerprint density at radius 3 is 1.89 bits per heavy atom. The van der Waals surface area contributed by atoms with Crippen LogP contribution in [0.3, 0.4) is 0 Å². The summed E-state index contributed by atoms with van der Waals surface area (Å²) in [4.78, 5) is 72.0. The summed E-state index contributed by atoms with van der Waals surface area (Å²) in [6.45, 7) is 3.20. The molecule has 4 unspecified atom stereocenters. The molecule has 14 nitrogen and oxygen atoms in total. The van der Waals surface area contributed by atoms with E-state index in [2.05, 4.69) is 16.0 Å². The van der Waals surface area contributed by atoms with Gasteiger partial charge >= 0.3 is 11.9 Å². The van der Waals surface area contributed by atoms with Gasteiger partial charge in [-0.2, -0.15) is 0 Å². The number of carboxylic acids is 2. The van der Waals surface area contributed by atoms with E-state index in [4.69, 9.17) is 16.6 Å². The number of hydrogen-bond donors (Lipinski definition) is 8. The highest BCUT2D eigenvalue weighted by atomic mass is 16.4. The number of carbonyl (C=O) groups is 6. The number of hydrogen-bond acceptors (Lipinski definition) is 8. The minimum atomic E-state index is -1.49. The summed E-state index contributed by atoms with van der Waals surface area (Å²) in [5.74, 6) is -6.22. The van der Waals surface area contributed by atoms with E-state index < -0.39 is 72.1 Å². The minimum absolute atomic E-state index is 0.0142. The number of aromatic hydroxyl groups is 1. The molecule has 1 aromatic carbocycles. The molecule has 38 heavy (non-hydrogen) atoms. The Morgan fingerprint density at radius 1 is 0.816 bits per heavy atom. The number of amides is 4. The van der Waals surface area contributed by atoms with E-state index in [9.17, 15) is 39.0 Å². The fraction of sp³-hybridized carbons (Fsp3) is 0.500. The largest absolute Gasteiger partial charge is 0.508 e. The van der Waals surface area contributed by atoms with Crippen LogP contribution in [0.4, 0.5) is 0 Å². The normalized spacial score (nSPS) is 14.0. The molecular formula is C24H35N5O9. The summed E-state index contributed by atoms with van der Waals surface area (Å²) >= 11 is 0. The number of aliphatic carboxylic acids is 2. The lowest BCUT2D eigenvalue weighted by Crippen LogP contribution is -2.59. The van der Waals surface area contributed by atoms with Gasteiger partial charge in [0.2, 0.25) is 23.6 Å². The van der Waals surface area contributed by atoms with Gasteiger partial charge < -0.3 is 42.7 Å². The lowest BCUT2D eigenvalue weighted by molar-refractivity contribution is -0.143. The van der Waals surface area contributed by atoms with Gasteiger partial charge in [0.15, 0.2) is 0 Å². The minimum Gasteiger partial charge on any atom is -0.508 e. The van der Waals surface area contributed by atoms with Crippen LogP contribution < -0.4 is 27.4 Å². The van der Waals surface area contributed by atoms with Crippen molar-refractivity contribution >= 4 is 35.6 Å². The van der Waals surface area contributed by atoms with Crippen LogP contribution in [-0.2, 0) is 35.2 Å². The van der Waals surface area contributed by atoms with Crippen LogP contribution in [-0.4, -0.2) is 75.1 Å². The summed E-state index contributed by atoms with van der Waals surface area (Å²) in [5, 5.41) is 34.9. The number of benzene rings is 1. The van der Waals surface area contributed by atoms with Crippen molar-refractivity contribution in [2.75, 3.05) is 0 Å². The molecule has 0 fully saturated rings. The molecule has 0 radical (unpaired) electrons. The Bertz CT molecular complexity index is 1010. The predicted molar refractivity (Wildman–Crippen MR) is 133 cm³/mol. The molecule has 0 aliphatic carbocycles. The van der Waals surface area contributed by atoms with Crippen LogP contribution >= 0.6 is 0 Å². The first-order chi connectivity index (χ1) is 17.7. The highest BCUT2D eigenvalue weighted by Gasteiger charge is 2.32. The highest BCUT2D eigenvalue weighted by molar-refractivity contribution is 5.94. The van der Waals surface area contributed by atoms with Gasteiger partial charge in [0.05, 0.1) is 6.04 Å². The van der Waals surface area contributed by atoms with Crippen molar-refractivity contribution < 1.29 is 44.1 Å². The summed E-state index contributed by atoms with van der Waals surface area (Å²) in [6.07, 6.45) is -1.11. The summed E-state index contributed by atoms with van der Waals surface area (Å²) in [7, 11) is 0. The monoisotopic (exact) mass is 537 g/mol. The van der Waals surface area contributed by atoms with E-state index in [0.717, 1.165) is 0 Å². The third kappa shape index (κ3) is 11.2. The Labute approximate surface area is 219 Å². The number of phenolic OH excluding ortho intramolecular Hbond substituents is 1. The quantitative estimate of drug-likeness (QED) is 0.122. The van der Waals surface area contributed by atoms with E-state index in [1.165, 1.54) is 24.3 Å². The maximum absolute atomic E-state index is 13.2. The fourth-order valence-electron chi connectivity index (χ4n) is 3.36. The number of phenols is 1. The zero-order valence-corrected chi connectivity index (χ0v) is 21.2. The van der Waals surface area contributed by atoms with Gasteiger partial charge in [0, 0.05) is 19.3 Å². The van der Waals surface area contributed by atoms with E-state index in [0.29, 0.717) is 5.56 Å². The molecule has 0 aliphatic rings. The van der Waals surface area contributed by atoms with Crippen LogP contribution in [0.25, 0.3) is 0 Å². The lowest BCUT2D eigenvalue weighted by atomic mass is 10.00. The Balaban J connectivity index is 3.09. The maximum atomic E-state index is 13.2. The average Bonchev–Trinajstić information content (AvgIpc) is 2.83. The molecule has 10 N–H and O–H groups in total. The molecule has 0 bridgehead atoms. The molecule has 0 spiro atoms. The fourth-order valence-corrected chi connectivity index (χ4v) is 3.36. The molecule has 1 rings (SSSR count). The molecule has 210 valence electrons. The Hall–Kier alpha value is -4.20. The maximum Gasteiger partial charge on any atom is 0.326 e. The van der Waals surface area contributed by atoms with E-state index in [1.54, 1.807) is 13.8 Å². The van der Waals surface area contributed by atoms with Crippen molar-refractivity contribution in [3.63, 3.8) is 0 Å². The van der Waals surface area contributed by atoms with Crippen molar-refractivity contribution in [3.8, 4) is 5.75 Å². The number of carbonyl (C=O) groups excluding carboxylic acids is 4. The van der Waals surface area contributed by atoms with Gasteiger partial charge in [0.25, 0.3) is 0 Å². The van der Waals surface area contributed by atoms with Crippen LogP contribution in [0.1, 0.15) is 45.1 Å². The topological polar surface area (TPSA) is 251 Å². The molecule has 4 amide bonds. The second-order valence-corrected chi connectivity index (χ2v) is 9.11. The van der Waals surface area contributed by atoms with Gasteiger partial charge in [-0.3, -0.25) is 24.0 Å². The lowest BCUT2D eigenvalue weighted by Gasteiger charge is -2.27. The Kier molecular flexibility index (Phi) is 12.7. The predicted octanol–water partition coefficient (Wildman–Crippen LogP) is -1.41. The average molecular weight is 538 g/mol. The second-order valence-electron chi connectivity index (χ2n) is 9.11. The summed E-state index contributed by atoms with van der Waals surface area (Å²) in [5.41, 5.74) is 11.5. The number of carboxylic acid groups (broad SMARTS) is 2. The van der Waals surface area contributed by atoms with Gasteiger partial charge in [-0.15, -0.1) is 0 Å². The molecule has 1 aromatic rings. The number of rotatable bonds is 16. The van der Waals surface area contributed by atoms with Gasteiger partial charge in [-0.25, -0.2) is 4.79 Å². The van der Waals surface area contributed by atoms with Crippen LogP contribution in [0.15, 0.2) is 24.3 Å². The first kappa shape index (κ1) is 31.8. The zero-order chi connectivity index (χ0) is 29.0. The van der Waals surface area contributed by atoms with Crippen LogP contribution in [0.5, 0.6) is 5.75 Å². The molecule has 0 saturated carbocycles. The standard InChI is InChI=1S/C24H35N5O9/c1-12(2)20(23(36)27-16(24(37)38)8-10-19(32)33)29-22(35)17(11-13-3-5-14(30)6-4-13)28-21(34)15(25)7-9-18(26)31/h3-6,12,15-17,20,30H,7-11,25H2,1-2H3,(H2,26,31)(H,27,36)(H,28,34)(H,29,35)(H,32,33)(H,37,38).